The molecule has 0 aliphatic rings. The van der Waals surface area contributed by atoms with Crippen molar-refractivity contribution in [2.45, 2.75) is 38.4 Å². The van der Waals surface area contributed by atoms with Gasteiger partial charge < -0.3 is 4.74 Å². The second-order valence-corrected chi connectivity index (χ2v) is 6.70. The molecule has 1 aromatic carbocycles. The van der Waals surface area contributed by atoms with Gasteiger partial charge in [-0.05, 0) is 53.9 Å². The summed E-state index contributed by atoms with van der Waals surface area (Å²) in [6.45, 7) is 4.82. The highest BCUT2D eigenvalue weighted by Gasteiger charge is 2.04. The Morgan fingerprint density at radius 3 is 2.52 bits per heavy atom. The van der Waals surface area contributed by atoms with E-state index in [9.17, 15) is 0 Å². The van der Waals surface area contributed by atoms with Crippen LogP contribution in [-0.4, -0.2) is 16.8 Å². The second-order valence-electron chi connectivity index (χ2n) is 5.48. The molecule has 0 amide bonds. The van der Waals surface area contributed by atoms with E-state index in [0.29, 0.717) is 11.9 Å². The Hall–Kier alpha value is -1.99. The summed E-state index contributed by atoms with van der Waals surface area (Å²) in [5, 5.41) is 11.1. The number of pyridine rings is 1. The van der Waals surface area contributed by atoms with Crippen LogP contribution in [0.3, 0.4) is 0 Å². The van der Waals surface area contributed by atoms with Crippen molar-refractivity contribution in [3.8, 4) is 11.2 Å². The van der Waals surface area contributed by atoms with E-state index in [1.165, 1.54) is 22.9 Å². The van der Waals surface area contributed by atoms with E-state index in [4.69, 9.17) is 10.00 Å². The van der Waals surface area contributed by atoms with Crippen molar-refractivity contribution in [1.29, 1.82) is 5.26 Å². The van der Waals surface area contributed by atoms with E-state index in [0.717, 1.165) is 30.7 Å². The average Bonchev–Trinajstić information content (AvgIpc) is 2.57. The first kappa shape index (κ1) is 17.4. The molecule has 1 unspecified atom stereocenters. The SMILES string of the molecule is CCc1ccc(CCOc2ccc(CC(C)SC#N)cc2)nc1. The number of nitriles is 1. The zero-order chi connectivity index (χ0) is 16.5. The first-order valence-corrected chi connectivity index (χ1v) is 8.79. The van der Waals surface area contributed by atoms with Crippen molar-refractivity contribution >= 4 is 11.8 Å². The lowest BCUT2D eigenvalue weighted by atomic mass is 10.1. The molecule has 0 saturated heterocycles. The lowest BCUT2D eigenvalue weighted by molar-refractivity contribution is 0.320. The molecule has 2 rings (SSSR count). The Balaban J connectivity index is 1.78. The van der Waals surface area contributed by atoms with Gasteiger partial charge in [0.15, 0.2) is 0 Å². The first-order valence-electron chi connectivity index (χ1n) is 7.91. The maximum atomic E-state index is 8.67. The minimum absolute atomic E-state index is 0.309. The molecule has 0 spiro atoms. The van der Waals surface area contributed by atoms with Crippen LogP contribution in [0.2, 0.25) is 0 Å². The molecule has 1 atom stereocenters. The predicted molar refractivity (Wildman–Crippen MR) is 95.6 cm³/mol. The van der Waals surface area contributed by atoms with Crippen LogP contribution in [0.25, 0.3) is 0 Å². The third kappa shape index (κ3) is 5.96. The van der Waals surface area contributed by atoms with Gasteiger partial charge in [-0.1, -0.05) is 32.0 Å². The molecule has 1 heterocycles. The van der Waals surface area contributed by atoms with Crippen LogP contribution in [-0.2, 0) is 19.3 Å². The van der Waals surface area contributed by atoms with E-state index >= 15 is 0 Å². The molecule has 120 valence electrons. The average molecular weight is 326 g/mol. The van der Waals surface area contributed by atoms with Crippen LogP contribution >= 0.6 is 11.8 Å². The topological polar surface area (TPSA) is 45.9 Å². The summed E-state index contributed by atoms with van der Waals surface area (Å²) in [6, 6.07) is 12.3. The zero-order valence-corrected chi connectivity index (χ0v) is 14.5. The zero-order valence-electron chi connectivity index (χ0n) is 13.7. The van der Waals surface area contributed by atoms with Crippen LogP contribution < -0.4 is 4.74 Å². The summed E-state index contributed by atoms with van der Waals surface area (Å²) >= 11 is 1.31. The molecule has 3 nitrogen and oxygen atoms in total. The van der Waals surface area contributed by atoms with E-state index in [-0.39, 0.29) is 0 Å². The summed E-state index contributed by atoms with van der Waals surface area (Å²) in [7, 11) is 0. The maximum Gasteiger partial charge on any atom is 0.133 e. The molecule has 0 bridgehead atoms. The fraction of sp³-hybridized carbons (Fsp3) is 0.368. The normalized spacial score (nSPS) is 11.7. The number of benzene rings is 1. The van der Waals surface area contributed by atoms with E-state index in [1.807, 2.05) is 18.3 Å². The van der Waals surface area contributed by atoms with Gasteiger partial charge in [0.05, 0.1) is 6.61 Å². The van der Waals surface area contributed by atoms with Gasteiger partial charge in [-0.3, -0.25) is 4.98 Å². The van der Waals surface area contributed by atoms with Gasteiger partial charge in [-0.2, -0.15) is 5.26 Å². The van der Waals surface area contributed by atoms with Gasteiger partial charge in [0, 0.05) is 23.6 Å². The molecule has 4 heteroatoms. The smallest absolute Gasteiger partial charge is 0.133 e. The van der Waals surface area contributed by atoms with Crippen molar-refractivity contribution in [3.05, 3.63) is 59.4 Å². The molecule has 0 fully saturated rings. The van der Waals surface area contributed by atoms with Crippen molar-refractivity contribution in [1.82, 2.24) is 4.98 Å². The number of hydrogen-bond donors (Lipinski definition) is 0. The Bertz CT molecular complexity index is 632. The predicted octanol–water partition coefficient (Wildman–Crippen LogP) is 4.41. The minimum atomic E-state index is 0.309. The molecule has 0 aliphatic carbocycles. The number of aromatic nitrogens is 1. The summed E-state index contributed by atoms with van der Waals surface area (Å²) in [5.41, 5.74) is 3.54. The molecule has 0 aliphatic heterocycles. The quantitative estimate of drug-likeness (QED) is 0.674. The van der Waals surface area contributed by atoms with E-state index < -0.39 is 0 Å². The molecular weight excluding hydrogens is 304 g/mol. The number of rotatable bonds is 8. The van der Waals surface area contributed by atoms with Gasteiger partial charge in [0.25, 0.3) is 0 Å². The number of thioether (sulfide) groups is 1. The Labute approximate surface area is 142 Å². The van der Waals surface area contributed by atoms with Gasteiger partial charge in [0.1, 0.15) is 11.2 Å². The van der Waals surface area contributed by atoms with Crippen LogP contribution in [0.15, 0.2) is 42.6 Å². The number of thiocyanates is 1. The highest BCUT2D eigenvalue weighted by molar-refractivity contribution is 8.04. The fourth-order valence-electron chi connectivity index (χ4n) is 2.27. The summed E-state index contributed by atoms with van der Waals surface area (Å²) in [5.74, 6) is 0.875. The standard InChI is InChI=1S/C19H22N2OS/c1-3-16-4-7-18(21-13-16)10-11-22-19-8-5-17(6-9-19)12-15(2)23-14-20/h4-9,13,15H,3,10-12H2,1-2H3. The van der Waals surface area contributed by atoms with Gasteiger partial charge in [0.2, 0.25) is 0 Å². The molecule has 23 heavy (non-hydrogen) atoms. The largest absolute Gasteiger partial charge is 0.493 e. The minimum Gasteiger partial charge on any atom is -0.493 e. The fourth-order valence-corrected chi connectivity index (χ4v) is 2.73. The van der Waals surface area contributed by atoms with Crippen LogP contribution in [0.5, 0.6) is 5.75 Å². The van der Waals surface area contributed by atoms with Crippen molar-refractivity contribution in [2.24, 2.45) is 0 Å². The summed E-state index contributed by atoms with van der Waals surface area (Å²) < 4.78 is 5.78. The molecule has 1 aromatic heterocycles. The van der Waals surface area contributed by atoms with E-state index in [2.05, 4.69) is 48.5 Å². The lowest BCUT2D eigenvalue weighted by Gasteiger charge is -2.09. The van der Waals surface area contributed by atoms with Crippen LogP contribution in [0.4, 0.5) is 0 Å². The number of nitrogens with zero attached hydrogens (tertiary/aromatic N) is 2. The van der Waals surface area contributed by atoms with Gasteiger partial charge >= 0.3 is 0 Å². The first-order chi connectivity index (χ1) is 11.2. The molecular formula is C19H22N2OS. The lowest BCUT2D eigenvalue weighted by Crippen LogP contribution is -2.04. The monoisotopic (exact) mass is 326 g/mol. The number of hydrogen-bond acceptors (Lipinski definition) is 4. The number of aryl methyl sites for hydroxylation is 1. The molecule has 0 radical (unpaired) electrons. The third-order valence-electron chi connectivity index (χ3n) is 3.62. The van der Waals surface area contributed by atoms with Crippen molar-refractivity contribution < 1.29 is 4.74 Å². The highest BCUT2D eigenvalue weighted by atomic mass is 32.2. The Morgan fingerprint density at radius 2 is 1.91 bits per heavy atom. The highest BCUT2D eigenvalue weighted by Crippen LogP contribution is 2.18. The van der Waals surface area contributed by atoms with E-state index in [1.54, 1.807) is 0 Å². The molecule has 0 saturated carbocycles. The Kier molecular flexibility index (Phi) is 6.96. The summed E-state index contributed by atoms with van der Waals surface area (Å²) in [6.07, 6.45) is 4.65. The van der Waals surface area contributed by atoms with Gasteiger partial charge in [-0.25, -0.2) is 0 Å². The Morgan fingerprint density at radius 1 is 1.17 bits per heavy atom. The molecule has 2 aromatic rings. The van der Waals surface area contributed by atoms with Gasteiger partial charge in [-0.15, -0.1) is 0 Å². The second kappa shape index (κ2) is 9.22. The number of ether oxygens (including phenoxy) is 1. The van der Waals surface area contributed by atoms with Crippen molar-refractivity contribution in [3.63, 3.8) is 0 Å². The third-order valence-corrected chi connectivity index (χ3v) is 4.30. The molecule has 0 N–H and O–H groups in total. The van der Waals surface area contributed by atoms with Crippen molar-refractivity contribution in [2.75, 3.05) is 6.61 Å². The van der Waals surface area contributed by atoms with Crippen LogP contribution in [0, 0.1) is 10.7 Å². The maximum absolute atomic E-state index is 8.67. The summed E-state index contributed by atoms with van der Waals surface area (Å²) in [4.78, 5) is 4.44. The van der Waals surface area contributed by atoms with Crippen LogP contribution in [0.1, 0.15) is 30.7 Å².